The molecule has 2 fully saturated rings. The summed E-state index contributed by atoms with van der Waals surface area (Å²) in [4.78, 5) is 38.5. The molecule has 1 aromatic carbocycles. The van der Waals surface area contributed by atoms with Crippen LogP contribution < -0.4 is 5.32 Å². The number of aryl methyl sites for hydroxylation is 1. The van der Waals surface area contributed by atoms with E-state index in [2.05, 4.69) is 15.2 Å². The third-order valence-electron chi connectivity index (χ3n) is 9.95. The van der Waals surface area contributed by atoms with Crippen molar-refractivity contribution >= 4 is 46.4 Å². The van der Waals surface area contributed by atoms with Crippen molar-refractivity contribution in [2.45, 2.75) is 56.0 Å². The first kappa shape index (κ1) is 27.0. The van der Waals surface area contributed by atoms with Crippen LogP contribution in [-0.2, 0) is 22.4 Å². The van der Waals surface area contributed by atoms with Crippen molar-refractivity contribution in [1.82, 2.24) is 19.3 Å². The van der Waals surface area contributed by atoms with Crippen LogP contribution in [0, 0.1) is 18.7 Å². The van der Waals surface area contributed by atoms with E-state index in [1.54, 1.807) is 18.2 Å². The molecule has 5 heterocycles. The SMILES string of the molecule is COC(=O)c1cc2nc3c(n2cc1C)C[C@H]1[C@@H]3[C@H](c2ccnc(Cl)c2F)[C@@]2(Cc3ccc(Cl)cc3NC2=O)N1CC1CC1. The van der Waals surface area contributed by atoms with E-state index in [4.69, 9.17) is 32.9 Å². The van der Waals surface area contributed by atoms with Crippen molar-refractivity contribution in [3.8, 4) is 0 Å². The molecule has 2 aliphatic carbocycles. The van der Waals surface area contributed by atoms with Gasteiger partial charge in [0, 0.05) is 66.1 Å². The molecule has 1 spiro atoms. The van der Waals surface area contributed by atoms with Gasteiger partial charge in [-0.3, -0.25) is 9.69 Å². The summed E-state index contributed by atoms with van der Waals surface area (Å²) in [6.45, 7) is 2.60. The minimum absolute atomic E-state index is 0.0912. The molecule has 1 amide bonds. The fourth-order valence-electron chi connectivity index (χ4n) is 7.92. The third-order valence-corrected chi connectivity index (χ3v) is 10.4. The lowest BCUT2D eigenvalue weighted by Gasteiger charge is -2.46. The predicted molar refractivity (Wildman–Crippen MR) is 159 cm³/mol. The Bertz CT molecular complexity index is 1870. The van der Waals surface area contributed by atoms with E-state index >= 15 is 4.39 Å². The van der Waals surface area contributed by atoms with E-state index in [-0.39, 0.29) is 23.0 Å². The number of nitrogens with one attached hydrogen (secondary N) is 1. The highest BCUT2D eigenvalue weighted by Gasteiger charge is 2.67. The maximum atomic E-state index is 16.1. The smallest absolute Gasteiger partial charge is 0.338 e. The highest BCUT2D eigenvalue weighted by molar-refractivity contribution is 6.31. The van der Waals surface area contributed by atoms with Crippen LogP contribution in [0.15, 0.2) is 42.7 Å². The van der Waals surface area contributed by atoms with E-state index in [0.717, 1.165) is 41.9 Å². The Balaban J connectivity index is 1.37. The molecule has 0 bridgehead atoms. The number of esters is 1. The lowest BCUT2D eigenvalue weighted by atomic mass is 9.69. The van der Waals surface area contributed by atoms with Crippen LogP contribution in [0.1, 0.15) is 63.1 Å². The summed E-state index contributed by atoms with van der Waals surface area (Å²) >= 11 is 12.6. The van der Waals surface area contributed by atoms with E-state index in [0.29, 0.717) is 46.2 Å². The number of carbonyl (C=O) groups excluding carboxylic acids is 2. The fourth-order valence-corrected chi connectivity index (χ4v) is 8.26. The zero-order valence-corrected chi connectivity index (χ0v) is 25.0. The van der Waals surface area contributed by atoms with Gasteiger partial charge in [0.05, 0.1) is 18.4 Å². The number of fused-ring (bicyclic) bond motifs is 6. The number of ether oxygens (including phenoxy) is 1. The lowest BCUT2D eigenvalue weighted by Crippen LogP contribution is -2.61. The zero-order chi connectivity index (χ0) is 29.8. The Morgan fingerprint density at radius 1 is 1.23 bits per heavy atom. The van der Waals surface area contributed by atoms with Gasteiger partial charge in [0.2, 0.25) is 5.91 Å². The van der Waals surface area contributed by atoms with Crippen LogP contribution in [0.2, 0.25) is 10.2 Å². The molecule has 0 unspecified atom stereocenters. The number of hydrogen-bond donors (Lipinski definition) is 1. The Kier molecular flexibility index (Phi) is 5.97. The van der Waals surface area contributed by atoms with E-state index in [9.17, 15) is 9.59 Å². The molecule has 43 heavy (non-hydrogen) atoms. The number of hydrogen-bond acceptors (Lipinski definition) is 6. The molecule has 4 atom stereocenters. The second kappa shape index (κ2) is 9.48. The molecule has 1 saturated carbocycles. The number of rotatable bonds is 4. The van der Waals surface area contributed by atoms with E-state index in [1.807, 2.05) is 29.7 Å². The van der Waals surface area contributed by atoms with E-state index in [1.165, 1.54) is 13.3 Å². The fraction of sp³-hybridized carbons (Fsp3) is 0.375. The molecule has 220 valence electrons. The first-order chi connectivity index (χ1) is 20.7. The van der Waals surface area contributed by atoms with Gasteiger partial charge < -0.3 is 14.5 Å². The van der Waals surface area contributed by atoms with Crippen LogP contribution >= 0.6 is 23.2 Å². The Morgan fingerprint density at radius 3 is 2.81 bits per heavy atom. The normalized spacial score (nSPS) is 26.0. The molecule has 3 aromatic heterocycles. The van der Waals surface area contributed by atoms with Gasteiger partial charge >= 0.3 is 5.97 Å². The molecular formula is C32H28Cl2FN5O3. The van der Waals surface area contributed by atoms with Gasteiger partial charge in [0.1, 0.15) is 11.2 Å². The van der Waals surface area contributed by atoms with Gasteiger partial charge in [-0.05, 0) is 66.6 Å². The van der Waals surface area contributed by atoms with Gasteiger partial charge in [-0.1, -0.05) is 29.3 Å². The summed E-state index contributed by atoms with van der Waals surface area (Å²) < 4.78 is 23.1. The molecule has 8 rings (SSSR count). The van der Waals surface area contributed by atoms with Crippen molar-refractivity contribution in [3.05, 3.63) is 92.4 Å². The number of pyridine rings is 2. The standard InChI is InChI=1S/C32H28Cl2FN5O3/c1-15-13-39-23-11-22-25(28(23)38-24(39)10-20(15)30(41)43-2)26(19-7-8-36-29(34)27(19)35)32(40(22)14-16-3-4-16)12-17-5-6-18(33)9-21(17)37-31(32)42/h5-10,13,16,22,25-26H,3-4,11-12,14H2,1-2H3,(H,37,42)/t22-,25+,26-,32+/m0/s1. The van der Waals surface area contributed by atoms with Crippen LogP contribution in [-0.4, -0.2) is 56.4 Å². The summed E-state index contributed by atoms with van der Waals surface area (Å²) in [6, 6.07) is 8.85. The van der Waals surface area contributed by atoms with Gasteiger partial charge in [0.25, 0.3) is 0 Å². The van der Waals surface area contributed by atoms with E-state index < -0.39 is 23.2 Å². The van der Waals surface area contributed by atoms with Gasteiger partial charge in [-0.15, -0.1) is 0 Å². The number of aromatic nitrogens is 3. The molecule has 11 heteroatoms. The van der Waals surface area contributed by atoms with Crippen LogP contribution in [0.3, 0.4) is 0 Å². The summed E-state index contributed by atoms with van der Waals surface area (Å²) in [7, 11) is 1.36. The average Bonchev–Trinajstić information content (AvgIpc) is 3.58. The zero-order valence-electron chi connectivity index (χ0n) is 23.5. The largest absolute Gasteiger partial charge is 0.465 e. The second-order valence-electron chi connectivity index (χ2n) is 12.3. The van der Waals surface area contributed by atoms with Gasteiger partial charge in [0.15, 0.2) is 11.0 Å². The molecule has 1 N–H and O–H groups in total. The number of carbonyl (C=O) groups is 2. The number of methoxy groups -OCH3 is 1. The second-order valence-corrected chi connectivity index (χ2v) is 13.1. The number of amides is 1. The van der Waals surface area contributed by atoms with Crippen molar-refractivity contribution in [1.29, 1.82) is 0 Å². The number of nitrogens with zero attached hydrogens (tertiary/aromatic N) is 4. The molecule has 4 aromatic rings. The van der Waals surface area contributed by atoms with Gasteiger partial charge in [-0.2, -0.15) is 0 Å². The highest BCUT2D eigenvalue weighted by atomic mass is 35.5. The van der Waals surface area contributed by atoms with Crippen LogP contribution in [0.5, 0.6) is 0 Å². The minimum atomic E-state index is -1.09. The average molecular weight is 621 g/mol. The number of likely N-dealkylation sites (tertiary alicyclic amines) is 1. The number of anilines is 1. The summed E-state index contributed by atoms with van der Waals surface area (Å²) in [5.74, 6) is -1.66. The van der Waals surface area contributed by atoms with Crippen molar-refractivity contribution in [2.75, 3.05) is 19.0 Å². The number of halogens is 3. The molecule has 0 radical (unpaired) electrons. The Morgan fingerprint density at radius 2 is 2.05 bits per heavy atom. The summed E-state index contributed by atoms with van der Waals surface area (Å²) in [5, 5.41) is 3.46. The minimum Gasteiger partial charge on any atom is -0.465 e. The molecular weight excluding hydrogens is 592 g/mol. The molecule has 4 aliphatic rings. The third kappa shape index (κ3) is 3.84. The van der Waals surface area contributed by atoms with Crippen molar-refractivity contribution < 1.29 is 18.7 Å². The number of imidazole rings is 1. The maximum Gasteiger partial charge on any atom is 0.338 e. The Hall–Kier alpha value is -3.53. The summed E-state index contributed by atoms with van der Waals surface area (Å²) in [5.41, 5.74) is 4.55. The predicted octanol–water partition coefficient (Wildman–Crippen LogP) is 5.72. The monoisotopic (exact) mass is 619 g/mol. The quantitative estimate of drug-likeness (QED) is 0.232. The highest BCUT2D eigenvalue weighted by Crippen LogP contribution is 2.61. The lowest BCUT2D eigenvalue weighted by molar-refractivity contribution is -0.129. The number of benzene rings is 1. The van der Waals surface area contributed by atoms with Crippen molar-refractivity contribution in [3.63, 3.8) is 0 Å². The maximum absolute atomic E-state index is 16.1. The summed E-state index contributed by atoms with van der Waals surface area (Å²) in [6.07, 6.45) is 6.65. The van der Waals surface area contributed by atoms with Crippen LogP contribution in [0.4, 0.5) is 10.1 Å². The van der Waals surface area contributed by atoms with Crippen molar-refractivity contribution in [2.24, 2.45) is 5.92 Å². The molecule has 1 saturated heterocycles. The first-order valence-electron chi connectivity index (χ1n) is 14.5. The molecule has 8 nitrogen and oxygen atoms in total. The Labute approximate surface area is 257 Å². The topological polar surface area (TPSA) is 88.8 Å². The first-order valence-corrected chi connectivity index (χ1v) is 15.2. The van der Waals surface area contributed by atoms with Crippen LogP contribution in [0.25, 0.3) is 5.65 Å². The van der Waals surface area contributed by atoms with Gasteiger partial charge in [-0.25, -0.2) is 19.2 Å². The molecule has 2 aliphatic heterocycles.